The van der Waals surface area contributed by atoms with Crippen LogP contribution < -0.4 is 4.90 Å². The fraction of sp³-hybridized carbons (Fsp3) is 0.0638. The Bertz CT molecular complexity index is 2730. The van der Waals surface area contributed by atoms with Gasteiger partial charge in [0.1, 0.15) is 0 Å². The van der Waals surface area contributed by atoms with Crippen molar-refractivity contribution in [2.75, 3.05) is 4.90 Å². The minimum absolute atomic E-state index is 0.0322. The largest absolute Gasteiger partial charge is 0.310 e. The number of benzene rings is 8. The molecule has 0 saturated carbocycles. The summed E-state index contributed by atoms with van der Waals surface area (Å²) in [5.74, 6) is 0. The predicted octanol–water partition coefficient (Wildman–Crippen LogP) is 13.8. The van der Waals surface area contributed by atoms with Crippen LogP contribution in [-0.2, 0) is 5.41 Å². The third-order valence-electron chi connectivity index (χ3n) is 10.6. The number of nitrogens with zero attached hydrogens (tertiary/aromatic N) is 1. The zero-order chi connectivity index (χ0) is 32.7. The van der Waals surface area contributed by atoms with Crippen LogP contribution in [0.25, 0.3) is 64.0 Å². The van der Waals surface area contributed by atoms with Crippen LogP contribution >= 0.6 is 11.3 Å². The van der Waals surface area contributed by atoms with Gasteiger partial charge in [-0.1, -0.05) is 141 Å². The van der Waals surface area contributed by atoms with Crippen molar-refractivity contribution in [2.45, 2.75) is 19.3 Å². The van der Waals surface area contributed by atoms with Gasteiger partial charge in [0.15, 0.2) is 0 Å². The maximum atomic E-state index is 2.43. The molecule has 0 spiro atoms. The van der Waals surface area contributed by atoms with E-state index in [9.17, 15) is 0 Å². The zero-order valence-corrected chi connectivity index (χ0v) is 28.3. The van der Waals surface area contributed by atoms with Crippen molar-refractivity contribution in [3.05, 3.63) is 175 Å². The molecule has 232 valence electrons. The van der Waals surface area contributed by atoms with Crippen molar-refractivity contribution in [3.8, 4) is 22.3 Å². The van der Waals surface area contributed by atoms with E-state index < -0.39 is 0 Å². The van der Waals surface area contributed by atoms with E-state index in [4.69, 9.17) is 0 Å². The minimum Gasteiger partial charge on any atom is -0.310 e. The Hall–Kier alpha value is -5.70. The van der Waals surface area contributed by atoms with Crippen molar-refractivity contribution >= 4 is 70.1 Å². The average molecular weight is 644 g/mol. The predicted molar refractivity (Wildman–Crippen MR) is 212 cm³/mol. The molecule has 1 aliphatic rings. The first-order valence-electron chi connectivity index (χ1n) is 17.0. The van der Waals surface area contributed by atoms with E-state index in [1.54, 1.807) is 0 Å². The molecule has 0 amide bonds. The van der Waals surface area contributed by atoms with E-state index in [-0.39, 0.29) is 5.41 Å². The van der Waals surface area contributed by atoms with E-state index in [2.05, 4.69) is 183 Å². The molecule has 0 fully saturated rings. The molecule has 0 saturated heterocycles. The lowest BCUT2D eigenvalue weighted by atomic mass is 9.82. The number of thiophene rings is 1. The van der Waals surface area contributed by atoms with E-state index in [0.717, 1.165) is 17.1 Å². The van der Waals surface area contributed by atoms with Crippen molar-refractivity contribution in [1.29, 1.82) is 0 Å². The molecular weight excluding hydrogens is 611 g/mol. The summed E-state index contributed by atoms with van der Waals surface area (Å²) in [6, 6.07) is 60.5. The number of rotatable bonds is 4. The van der Waals surface area contributed by atoms with Crippen LogP contribution in [0.2, 0.25) is 0 Å². The van der Waals surface area contributed by atoms with Crippen LogP contribution in [0.3, 0.4) is 0 Å². The molecular formula is C47H33NS. The third-order valence-corrected chi connectivity index (χ3v) is 11.8. The van der Waals surface area contributed by atoms with Crippen LogP contribution in [0.4, 0.5) is 17.1 Å². The smallest absolute Gasteiger partial charge is 0.0476 e. The number of anilines is 3. The van der Waals surface area contributed by atoms with Crippen molar-refractivity contribution in [1.82, 2.24) is 0 Å². The van der Waals surface area contributed by atoms with Gasteiger partial charge in [0.05, 0.1) is 0 Å². The van der Waals surface area contributed by atoms with Crippen molar-refractivity contribution in [3.63, 3.8) is 0 Å². The lowest BCUT2D eigenvalue weighted by molar-refractivity contribution is 0.660. The molecule has 9 aromatic rings. The molecule has 1 nitrogen and oxygen atoms in total. The second-order valence-electron chi connectivity index (χ2n) is 13.8. The third kappa shape index (κ3) is 4.31. The van der Waals surface area contributed by atoms with Gasteiger partial charge in [0.25, 0.3) is 0 Å². The Morgan fingerprint density at radius 1 is 0.449 bits per heavy atom. The highest BCUT2D eigenvalue weighted by molar-refractivity contribution is 7.26. The summed E-state index contributed by atoms with van der Waals surface area (Å²) < 4.78 is 2.66. The summed E-state index contributed by atoms with van der Waals surface area (Å²) >= 11 is 1.91. The van der Waals surface area contributed by atoms with E-state index in [1.807, 2.05) is 11.3 Å². The first-order chi connectivity index (χ1) is 24.0. The van der Waals surface area contributed by atoms with E-state index in [1.165, 1.54) is 75.1 Å². The van der Waals surface area contributed by atoms with Crippen molar-refractivity contribution < 1.29 is 0 Å². The molecule has 0 atom stereocenters. The van der Waals surface area contributed by atoms with Crippen LogP contribution in [-0.4, -0.2) is 0 Å². The second-order valence-corrected chi connectivity index (χ2v) is 14.8. The summed E-state index contributed by atoms with van der Waals surface area (Å²) in [6.07, 6.45) is 0. The van der Waals surface area contributed by atoms with Gasteiger partial charge >= 0.3 is 0 Å². The van der Waals surface area contributed by atoms with Gasteiger partial charge in [-0.15, -0.1) is 11.3 Å². The highest BCUT2D eigenvalue weighted by atomic mass is 32.1. The molecule has 0 N–H and O–H groups in total. The van der Waals surface area contributed by atoms with Crippen LogP contribution in [0, 0.1) is 0 Å². The maximum Gasteiger partial charge on any atom is 0.0476 e. The number of hydrogen-bond acceptors (Lipinski definition) is 2. The molecule has 2 heteroatoms. The zero-order valence-electron chi connectivity index (χ0n) is 27.4. The molecule has 49 heavy (non-hydrogen) atoms. The SMILES string of the molecule is CC1(C)c2ccccc2-c2cc(N(c3ccc(-c4ccccc4)cc3)c3ccc4c(c3)sc3c4ccc4ccc5ccccc5c43)ccc21. The Balaban J connectivity index is 1.18. The molecule has 0 radical (unpaired) electrons. The van der Waals surface area contributed by atoms with Gasteiger partial charge in [0.2, 0.25) is 0 Å². The summed E-state index contributed by atoms with van der Waals surface area (Å²) in [5, 5.41) is 7.88. The molecule has 1 heterocycles. The second kappa shape index (κ2) is 10.7. The van der Waals surface area contributed by atoms with Gasteiger partial charge in [-0.25, -0.2) is 0 Å². The monoisotopic (exact) mass is 643 g/mol. The molecule has 8 aromatic carbocycles. The van der Waals surface area contributed by atoms with Gasteiger partial charge in [0, 0.05) is 48.0 Å². The number of hydrogen-bond donors (Lipinski definition) is 0. The Morgan fingerprint density at radius 2 is 1.08 bits per heavy atom. The number of fused-ring (bicyclic) bond motifs is 10. The molecule has 0 unspecified atom stereocenters. The van der Waals surface area contributed by atoms with Crippen LogP contribution in [0.15, 0.2) is 164 Å². The minimum atomic E-state index is -0.0322. The Labute approximate surface area is 290 Å². The topological polar surface area (TPSA) is 3.24 Å². The van der Waals surface area contributed by atoms with E-state index in [0.29, 0.717) is 0 Å². The quantitative estimate of drug-likeness (QED) is 0.173. The molecule has 0 aliphatic heterocycles. The fourth-order valence-electron chi connectivity index (χ4n) is 8.18. The van der Waals surface area contributed by atoms with Gasteiger partial charge in [-0.3, -0.25) is 0 Å². The van der Waals surface area contributed by atoms with Crippen LogP contribution in [0.5, 0.6) is 0 Å². The Morgan fingerprint density at radius 3 is 1.96 bits per heavy atom. The van der Waals surface area contributed by atoms with Gasteiger partial charge < -0.3 is 4.90 Å². The maximum absolute atomic E-state index is 2.43. The average Bonchev–Trinajstić information content (AvgIpc) is 3.64. The Kier molecular flexibility index (Phi) is 6.16. The highest BCUT2D eigenvalue weighted by Crippen LogP contribution is 2.51. The fourth-order valence-corrected chi connectivity index (χ4v) is 9.48. The summed E-state index contributed by atoms with van der Waals surface area (Å²) in [4.78, 5) is 2.43. The lowest BCUT2D eigenvalue weighted by Gasteiger charge is -2.27. The normalized spacial score (nSPS) is 13.3. The highest BCUT2D eigenvalue weighted by Gasteiger charge is 2.35. The van der Waals surface area contributed by atoms with Gasteiger partial charge in [-0.05, 0) is 85.9 Å². The van der Waals surface area contributed by atoms with Crippen molar-refractivity contribution in [2.24, 2.45) is 0 Å². The molecule has 1 aliphatic carbocycles. The van der Waals surface area contributed by atoms with Crippen LogP contribution in [0.1, 0.15) is 25.0 Å². The first kappa shape index (κ1) is 28.3. The summed E-state index contributed by atoms with van der Waals surface area (Å²) in [7, 11) is 0. The summed E-state index contributed by atoms with van der Waals surface area (Å²) in [6.45, 7) is 4.69. The van der Waals surface area contributed by atoms with Gasteiger partial charge in [-0.2, -0.15) is 0 Å². The molecule has 0 bridgehead atoms. The molecule has 10 rings (SSSR count). The standard InChI is InChI=1S/C47H33NS/c1-47(2)42-15-9-8-14-38(42)41-28-35(24-27-43(41)47)48(34-21-18-31(19-22-34)30-10-4-3-5-11-30)36-23-26-39-40-25-20-33-17-16-32-12-6-7-13-37(32)45(33)46(40)49-44(39)29-36/h3-29H,1-2H3. The lowest BCUT2D eigenvalue weighted by Crippen LogP contribution is -2.15. The first-order valence-corrected chi connectivity index (χ1v) is 17.8. The molecule has 1 aromatic heterocycles. The van der Waals surface area contributed by atoms with E-state index >= 15 is 0 Å². The summed E-state index contributed by atoms with van der Waals surface area (Å²) in [5.41, 5.74) is 11.3.